The third-order valence-electron chi connectivity index (χ3n) is 3.91. The molecule has 0 saturated carbocycles. The zero-order valence-electron chi connectivity index (χ0n) is 13.4. The molecule has 7 heteroatoms. The number of aromatic amines is 1. The molecule has 3 N–H and O–H groups in total. The summed E-state index contributed by atoms with van der Waals surface area (Å²) in [5.41, 5.74) is 8.80. The summed E-state index contributed by atoms with van der Waals surface area (Å²) in [6.45, 7) is 0.573. The first-order valence-electron chi connectivity index (χ1n) is 8.00. The number of fused-ring (bicyclic) bond motifs is 1. The van der Waals surface area contributed by atoms with E-state index in [2.05, 4.69) is 14.7 Å². The van der Waals surface area contributed by atoms with E-state index in [0.717, 1.165) is 35.3 Å². The van der Waals surface area contributed by atoms with Crippen molar-refractivity contribution in [3.05, 3.63) is 48.2 Å². The molecule has 0 saturated heterocycles. The number of unbranched alkanes of at least 4 members (excludes halogenated alkanes) is 1. The standard InChI is InChI=1S/C18H18F3N3O/c19-18(20,21)25-12-7-8-15-14(11-12)13(5-1-3-9-22)17(24-15)16-6-2-4-10-23-16/h2,4,6-8,10-11,24H,1,3,5,9,22H2. The lowest BCUT2D eigenvalue weighted by Crippen LogP contribution is -2.16. The van der Waals surface area contributed by atoms with Gasteiger partial charge in [0.15, 0.2) is 0 Å². The monoisotopic (exact) mass is 349 g/mol. The van der Waals surface area contributed by atoms with Crippen molar-refractivity contribution in [3.63, 3.8) is 0 Å². The van der Waals surface area contributed by atoms with Crippen molar-refractivity contribution in [1.29, 1.82) is 0 Å². The molecule has 0 amide bonds. The van der Waals surface area contributed by atoms with Crippen LogP contribution >= 0.6 is 0 Å². The van der Waals surface area contributed by atoms with E-state index in [0.29, 0.717) is 18.4 Å². The number of benzene rings is 1. The lowest BCUT2D eigenvalue weighted by molar-refractivity contribution is -0.274. The number of aromatic nitrogens is 2. The molecule has 0 aliphatic rings. The molecule has 0 aliphatic heterocycles. The Bertz CT molecular complexity index is 844. The number of H-pyrrole nitrogens is 1. The van der Waals surface area contributed by atoms with Crippen LogP contribution in [0.3, 0.4) is 0 Å². The summed E-state index contributed by atoms with van der Waals surface area (Å²) in [5, 5.41) is 0.708. The summed E-state index contributed by atoms with van der Waals surface area (Å²) in [5.74, 6) is -0.230. The SMILES string of the molecule is NCCCCc1c(-c2ccccn2)[nH]c2ccc(OC(F)(F)F)cc12. The van der Waals surface area contributed by atoms with E-state index in [4.69, 9.17) is 5.73 Å². The average Bonchev–Trinajstić information content (AvgIpc) is 2.93. The normalized spacial score (nSPS) is 11.8. The van der Waals surface area contributed by atoms with Crippen molar-refractivity contribution in [2.45, 2.75) is 25.6 Å². The second-order valence-corrected chi connectivity index (χ2v) is 5.69. The maximum absolute atomic E-state index is 12.5. The number of pyridine rings is 1. The van der Waals surface area contributed by atoms with Gasteiger partial charge in [0.05, 0.1) is 11.4 Å². The topological polar surface area (TPSA) is 63.9 Å². The quantitative estimate of drug-likeness (QED) is 0.648. The number of aryl methyl sites for hydroxylation is 1. The van der Waals surface area contributed by atoms with Gasteiger partial charge in [-0.25, -0.2) is 0 Å². The Morgan fingerprint density at radius 2 is 1.96 bits per heavy atom. The number of hydrogen-bond donors (Lipinski definition) is 2. The zero-order chi connectivity index (χ0) is 17.9. The Morgan fingerprint density at radius 3 is 2.64 bits per heavy atom. The highest BCUT2D eigenvalue weighted by atomic mass is 19.4. The van der Waals surface area contributed by atoms with Crippen LogP contribution < -0.4 is 10.5 Å². The van der Waals surface area contributed by atoms with Crippen LogP contribution in [0.5, 0.6) is 5.75 Å². The smallest absolute Gasteiger partial charge is 0.406 e. The Hall–Kier alpha value is -2.54. The van der Waals surface area contributed by atoms with Gasteiger partial charge in [-0.3, -0.25) is 4.98 Å². The predicted molar refractivity (Wildman–Crippen MR) is 90.2 cm³/mol. The van der Waals surface area contributed by atoms with Crippen LogP contribution in [0.15, 0.2) is 42.6 Å². The molecule has 132 valence electrons. The van der Waals surface area contributed by atoms with Crippen LogP contribution in [0.1, 0.15) is 18.4 Å². The zero-order valence-corrected chi connectivity index (χ0v) is 13.4. The number of nitrogens with two attached hydrogens (primary N) is 1. The molecule has 0 atom stereocenters. The summed E-state index contributed by atoms with van der Waals surface area (Å²) in [7, 11) is 0. The van der Waals surface area contributed by atoms with E-state index >= 15 is 0 Å². The summed E-state index contributed by atoms with van der Waals surface area (Å²) in [6, 6.07) is 9.87. The minimum Gasteiger partial charge on any atom is -0.406 e. The van der Waals surface area contributed by atoms with E-state index in [1.54, 1.807) is 12.3 Å². The molecule has 0 aliphatic carbocycles. The highest BCUT2D eigenvalue weighted by Gasteiger charge is 2.31. The Morgan fingerprint density at radius 1 is 1.12 bits per heavy atom. The van der Waals surface area contributed by atoms with Crippen molar-refractivity contribution in [1.82, 2.24) is 9.97 Å². The molecule has 3 aromatic rings. The van der Waals surface area contributed by atoms with Gasteiger partial charge in [0.2, 0.25) is 0 Å². The third-order valence-corrected chi connectivity index (χ3v) is 3.91. The van der Waals surface area contributed by atoms with Crippen molar-refractivity contribution in [2.24, 2.45) is 5.73 Å². The second-order valence-electron chi connectivity index (χ2n) is 5.69. The van der Waals surface area contributed by atoms with Crippen LogP contribution in [0.25, 0.3) is 22.3 Å². The van der Waals surface area contributed by atoms with Gasteiger partial charge in [0, 0.05) is 17.1 Å². The molecule has 0 spiro atoms. The first-order valence-corrected chi connectivity index (χ1v) is 8.00. The largest absolute Gasteiger partial charge is 0.573 e. The molecule has 2 aromatic heterocycles. The first-order chi connectivity index (χ1) is 12.0. The van der Waals surface area contributed by atoms with Gasteiger partial charge in [-0.15, -0.1) is 13.2 Å². The van der Waals surface area contributed by atoms with Crippen LogP contribution in [0.4, 0.5) is 13.2 Å². The van der Waals surface area contributed by atoms with Gasteiger partial charge in [-0.2, -0.15) is 0 Å². The fraction of sp³-hybridized carbons (Fsp3) is 0.278. The first kappa shape index (κ1) is 17.3. The van der Waals surface area contributed by atoms with Gasteiger partial charge in [0.1, 0.15) is 5.75 Å². The molecule has 3 rings (SSSR count). The predicted octanol–water partition coefficient (Wildman–Crippen LogP) is 4.41. The van der Waals surface area contributed by atoms with E-state index in [1.165, 1.54) is 12.1 Å². The van der Waals surface area contributed by atoms with Gasteiger partial charge >= 0.3 is 6.36 Å². The second kappa shape index (κ2) is 7.14. The van der Waals surface area contributed by atoms with Crippen molar-refractivity contribution >= 4 is 10.9 Å². The Labute approximate surface area is 142 Å². The highest BCUT2D eigenvalue weighted by molar-refractivity contribution is 5.91. The lowest BCUT2D eigenvalue weighted by atomic mass is 10.0. The summed E-state index contributed by atoms with van der Waals surface area (Å²) in [6.07, 6.45) is -0.657. The van der Waals surface area contributed by atoms with Crippen molar-refractivity contribution in [3.8, 4) is 17.1 Å². The molecular formula is C18H18F3N3O. The lowest BCUT2D eigenvalue weighted by Gasteiger charge is -2.09. The van der Waals surface area contributed by atoms with Gasteiger partial charge in [-0.1, -0.05) is 6.07 Å². The average molecular weight is 349 g/mol. The molecule has 0 fully saturated rings. The van der Waals surface area contributed by atoms with Crippen LogP contribution in [0, 0.1) is 0 Å². The number of halogens is 3. The van der Waals surface area contributed by atoms with E-state index < -0.39 is 6.36 Å². The molecule has 1 aromatic carbocycles. The number of nitrogens with zero attached hydrogens (tertiary/aromatic N) is 1. The van der Waals surface area contributed by atoms with Gasteiger partial charge in [-0.05, 0) is 61.7 Å². The van der Waals surface area contributed by atoms with Crippen LogP contribution in [-0.2, 0) is 6.42 Å². The van der Waals surface area contributed by atoms with Crippen LogP contribution in [-0.4, -0.2) is 22.9 Å². The third kappa shape index (κ3) is 4.11. The number of nitrogens with one attached hydrogen (secondary N) is 1. The van der Waals surface area contributed by atoms with E-state index in [9.17, 15) is 13.2 Å². The summed E-state index contributed by atoms with van der Waals surface area (Å²) >= 11 is 0. The van der Waals surface area contributed by atoms with Gasteiger partial charge in [0.25, 0.3) is 0 Å². The van der Waals surface area contributed by atoms with Crippen LogP contribution in [0.2, 0.25) is 0 Å². The maximum atomic E-state index is 12.5. The molecule has 0 radical (unpaired) electrons. The molecule has 2 heterocycles. The molecule has 4 nitrogen and oxygen atoms in total. The highest BCUT2D eigenvalue weighted by Crippen LogP contribution is 2.34. The number of alkyl halides is 3. The van der Waals surface area contributed by atoms with Gasteiger partial charge < -0.3 is 15.5 Å². The Balaban J connectivity index is 2.07. The van der Waals surface area contributed by atoms with Crippen molar-refractivity contribution in [2.75, 3.05) is 6.54 Å². The van der Waals surface area contributed by atoms with E-state index in [1.807, 2.05) is 18.2 Å². The fourth-order valence-electron chi connectivity index (χ4n) is 2.86. The molecular weight excluding hydrogens is 331 g/mol. The molecule has 0 unspecified atom stereocenters. The molecule has 25 heavy (non-hydrogen) atoms. The summed E-state index contributed by atoms with van der Waals surface area (Å²) in [4.78, 5) is 7.61. The fourth-order valence-corrected chi connectivity index (χ4v) is 2.86. The number of rotatable bonds is 6. The van der Waals surface area contributed by atoms with Crippen molar-refractivity contribution < 1.29 is 17.9 Å². The number of ether oxygens (including phenoxy) is 1. The minimum absolute atomic E-state index is 0.230. The number of hydrogen-bond acceptors (Lipinski definition) is 3. The van der Waals surface area contributed by atoms with E-state index in [-0.39, 0.29) is 5.75 Å². The maximum Gasteiger partial charge on any atom is 0.573 e. The minimum atomic E-state index is -4.71. The Kier molecular flexibility index (Phi) is 4.94. The molecule has 0 bridgehead atoms. The summed E-state index contributed by atoms with van der Waals surface area (Å²) < 4.78 is 41.6.